The number of benzene rings is 16. The van der Waals surface area contributed by atoms with Crippen molar-refractivity contribution in [3.05, 3.63) is 437 Å². The van der Waals surface area contributed by atoms with Gasteiger partial charge in [-0.15, -0.1) is 0 Å². The third kappa shape index (κ3) is 10.6. The average Bonchev–Trinajstić information content (AvgIpc) is 1.55. The van der Waals surface area contributed by atoms with Gasteiger partial charge in [0.25, 0.3) is 0 Å². The second-order valence-corrected chi connectivity index (χ2v) is 27.3. The van der Waals surface area contributed by atoms with Crippen LogP contribution in [0, 0.1) is 0 Å². The molecular formula is C98H67BrN2O2. The highest BCUT2D eigenvalue weighted by atomic mass is 79.9. The quantitative estimate of drug-likeness (QED) is 0.134. The van der Waals surface area contributed by atoms with Crippen molar-refractivity contribution in [2.24, 2.45) is 0 Å². The van der Waals surface area contributed by atoms with Gasteiger partial charge in [0.05, 0.1) is 10.8 Å². The van der Waals surface area contributed by atoms with Crippen LogP contribution in [0.1, 0.15) is 44.5 Å². The van der Waals surface area contributed by atoms with E-state index in [1.807, 2.05) is 30.3 Å². The maximum absolute atomic E-state index is 6.61. The van der Waals surface area contributed by atoms with E-state index < -0.39 is 5.41 Å². The summed E-state index contributed by atoms with van der Waals surface area (Å²) < 4.78 is 14.0. The molecule has 5 heteroatoms. The van der Waals surface area contributed by atoms with E-state index in [1.165, 1.54) is 83.5 Å². The molecule has 0 bridgehead atoms. The SMILES string of the molecule is Brc1ccccc1-c1cccc2oc3c(-c4ccccc4)cccc3c12.Nc1ccc2c(c1)-c1ccccc1C2(c1ccccc1)c1ccccc1.c1ccc(-c2cccc3c2oc2cccc(-c4ccccc4Nc4ccc5c(c4)-c4ccccc4C5(c4ccccc4)c4ccccc4)c23)cc1. The van der Waals surface area contributed by atoms with Gasteiger partial charge >= 0.3 is 0 Å². The first-order chi connectivity index (χ1) is 50.9. The molecule has 20 rings (SSSR count). The zero-order chi connectivity index (χ0) is 68.9. The molecule has 16 aromatic carbocycles. The fraction of sp³-hybridized carbons (Fsp3) is 0.0204. The minimum Gasteiger partial charge on any atom is -0.455 e. The van der Waals surface area contributed by atoms with Gasteiger partial charge in [-0.2, -0.15) is 0 Å². The Kier molecular flexibility index (Phi) is 16.0. The Labute approximate surface area is 607 Å². The van der Waals surface area contributed by atoms with Gasteiger partial charge in [0, 0.05) is 59.8 Å². The number of rotatable bonds is 10. The second kappa shape index (κ2) is 26.4. The number of nitrogens with two attached hydrogens (primary N) is 1. The lowest BCUT2D eigenvalue weighted by atomic mass is 9.68. The minimum atomic E-state index is -0.415. The number of hydrogen-bond donors (Lipinski definition) is 2. The van der Waals surface area contributed by atoms with Crippen LogP contribution in [0.5, 0.6) is 0 Å². The summed E-state index contributed by atoms with van der Waals surface area (Å²) >= 11 is 3.69. The molecule has 2 heterocycles. The van der Waals surface area contributed by atoms with E-state index in [4.69, 9.17) is 14.6 Å². The first-order valence-corrected chi connectivity index (χ1v) is 35.8. The van der Waals surface area contributed by atoms with Crippen molar-refractivity contribution in [2.75, 3.05) is 11.1 Å². The van der Waals surface area contributed by atoms with Gasteiger partial charge in [-0.3, -0.25) is 0 Å². The predicted molar refractivity (Wildman–Crippen MR) is 432 cm³/mol. The molecule has 0 fully saturated rings. The van der Waals surface area contributed by atoms with Crippen molar-refractivity contribution in [3.8, 4) is 66.8 Å². The zero-order valence-corrected chi connectivity index (χ0v) is 57.8. The summed E-state index contributed by atoms with van der Waals surface area (Å²) in [5, 5.41) is 8.39. The van der Waals surface area contributed by atoms with E-state index >= 15 is 0 Å². The Balaban J connectivity index is 0.000000122. The molecule has 488 valence electrons. The van der Waals surface area contributed by atoms with Crippen LogP contribution in [-0.2, 0) is 10.8 Å². The molecule has 0 atom stereocenters. The summed E-state index contributed by atoms with van der Waals surface area (Å²) in [6.07, 6.45) is 0. The summed E-state index contributed by atoms with van der Waals surface area (Å²) in [5.74, 6) is 0. The van der Waals surface area contributed by atoms with E-state index in [9.17, 15) is 0 Å². The van der Waals surface area contributed by atoms with Gasteiger partial charge in [0.2, 0.25) is 0 Å². The van der Waals surface area contributed by atoms with E-state index in [1.54, 1.807) is 0 Å². The van der Waals surface area contributed by atoms with Crippen molar-refractivity contribution >= 4 is 76.9 Å². The third-order valence-electron chi connectivity index (χ3n) is 20.8. The molecule has 0 saturated carbocycles. The smallest absolute Gasteiger partial charge is 0.143 e. The van der Waals surface area contributed by atoms with Crippen LogP contribution in [0.4, 0.5) is 17.1 Å². The lowest BCUT2D eigenvalue weighted by molar-refractivity contribution is 0.669. The second-order valence-electron chi connectivity index (χ2n) is 26.4. The van der Waals surface area contributed by atoms with E-state index in [2.05, 4.69) is 379 Å². The molecule has 18 aromatic rings. The summed E-state index contributed by atoms with van der Waals surface area (Å²) in [4.78, 5) is 0. The maximum Gasteiger partial charge on any atom is 0.143 e. The monoisotopic (exact) mass is 1380 g/mol. The fourth-order valence-corrected chi connectivity index (χ4v) is 17.0. The zero-order valence-electron chi connectivity index (χ0n) is 56.2. The topological polar surface area (TPSA) is 64.3 Å². The number of nitrogens with one attached hydrogen (secondary N) is 1. The normalized spacial score (nSPS) is 12.7. The van der Waals surface area contributed by atoms with Crippen molar-refractivity contribution < 1.29 is 8.83 Å². The molecule has 2 aliphatic carbocycles. The van der Waals surface area contributed by atoms with Crippen molar-refractivity contribution in [2.45, 2.75) is 10.8 Å². The fourth-order valence-electron chi connectivity index (χ4n) is 16.5. The summed E-state index contributed by atoms with van der Waals surface area (Å²) in [6, 6.07) is 138. The summed E-state index contributed by atoms with van der Waals surface area (Å²) in [7, 11) is 0. The Hall–Kier alpha value is -12.8. The van der Waals surface area contributed by atoms with Crippen LogP contribution < -0.4 is 11.1 Å². The van der Waals surface area contributed by atoms with Gasteiger partial charge in [-0.25, -0.2) is 0 Å². The molecule has 0 unspecified atom stereocenters. The Morgan fingerprint density at radius 3 is 1.09 bits per heavy atom. The first-order valence-electron chi connectivity index (χ1n) is 35.0. The van der Waals surface area contributed by atoms with Gasteiger partial charge in [0.15, 0.2) is 0 Å². The summed E-state index contributed by atoms with van der Waals surface area (Å²) in [6.45, 7) is 0. The van der Waals surface area contributed by atoms with Gasteiger partial charge in [0.1, 0.15) is 22.3 Å². The van der Waals surface area contributed by atoms with Crippen molar-refractivity contribution in [1.29, 1.82) is 0 Å². The minimum absolute atomic E-state index is 0.317. The number of anilines is 3. The van der Waals surface area contributed by atoms with E-state index in [0.29, 0.717) is 0 Å². The molecule has 2 aromatic heterocycles. The highest BCUT2D eigenvalue weighted by molar-refractivity contribution is 9.10. The van der Waals surface area contributed by atoms with Gasteiger partial charge < -0.3 is 19.9 Å². The highest BCUT2D eigenvalue weighted by Crippen LogP contribution is 2.59. The van der Waals surface area contributed by atoms with E-state index in [0.717, 1.165) is 93.2 Å². The molecule has 0 spiro atoms. The molecule has 2 aliphatic rings. The molecule has 103 heavy (non-hydrogen) atoms. The highest BCUT2D eigenvalue weighted by Gasteiger charge is 2.47. The number of hydrogen-bond acceptors (Lipinski definition) is 4. The molecule has 0 aliphatic heterocycles. The molecular weight excluding hydrogens is 1320 g/mol. The first kappa shape index (κ1) is 62.5. The molecule has 4 nitrogen and oxygen atoms in total. The molecule has 0 saturated heterocycles. The standard InChI is InChI=1S/C49H33NO.C25H19N.C24H15BrO/c1-4-16-33(17-5-1)37-24-14-26-41-47-40(25-15-29-46(47)51-48(37)41)39-23-11-13-28-45(39)50-36-30-31-44-42(32-36)38-22-10-12-27-43(38)49(44,34-18-6-2-7-19-34)35-20-8-3-9-21-35;26-20-15-16-24-22(17-20)21-13-7-8-14-23(21)25(24,18-9-3-1-4-10-18)19-11-5-2-6-12-19;25-21-14-5-4-10-18(21)19-12-7-15-22-23(19)20-13-6-11-17(24(20)26-22)16-8-2-1-3-9-16/h1-32,50H;1-17H,26H2;1-15H. The Bertz CT molecular complexity index is 6090. The van der Waals surface area contributed by atoms with Crippen LogP contribution >= 0.6 is 15.9 Å². The van der Waals surface area contributed by atoms with Crippen LogP contribution in [0.3, 0.4) is 0 Å². The van der Waals surface area contributed by atoms with Crippen LogP contribution in [-0.4, -0.2) is 0 Å². The van der Waals surface area contributed by atoms with E-state index in [-0.39, 0.29) is 5.41 Å². The largest absolute Gasteiger partial charge is 0.455 e. The third-order valence-corrected chi connectivity index (χ3v) is 21.5. The molecule has 0 amide bonds. The summed E-state index contributed by atoms with van der Waals surface area (Å²) in [5.41, 5.74) is 36.4. The maximum atomic E-state index is 6.61. The molecule has 3 N–H and O–H groups in total. The van der Waals surface area contributed by atoms with Crippen LogP contribution in [0.2, 0.25) is 0 Å². The Morgan fingerprint density at radius 1 is 0.262 bits per heavy atom. The molecule has 0 radical (unpaired) electrons. The number of fused-ring (bicyclic) bond motifs is 12. The number of halogens is 1. The lowest BCUT2D eigenvalue weighted by Gasteiger charge is -2.33. The van der Waals surface area contributed by atoms with Crippen LogP contribution in [0.25, 0.3) is 111 Å². The van der Waals surface area contributed by atoms with Crippen LogP contribution in [0.15, 0.2) is 402 Å². The lowest BCUT2D eigenvalue weighted by Crippen LogP contribution is -2.28. The van der Waals surface area contributed by atoms with Gasteiger partial charge in [-0.05, 0) is 143 Å². The number of para-hydroxylation sites is 3. The number of nitrogen functional groups attached to an aromatic ring is 1. The predicted octanol–water partition coefficient (Wildman–Crippen LogP) is 26.3. The Morgan fingerprint density at radius 2 is 0.612 bits per heavy atom. The average molecular weight is 1380 g/mol. The van der Waals surface area contributed by atoms with Crippen molar-refractivity contribution in [3.63, 3.8) is 0 Å². The van der Waals surface area contributed by atoms with Gasteiger partial charge in [-0.1, -0.05) is 356 Å². The van der Waals surface area contributed by atoms with Crippen molar-refractivity contribution in [1.82, 2.24) is 0 Å². The number of furan rings is 2.